The van der Waals surface area contributed by atoms with Gasteiger partial charge >= 0.3 is 12.4 Å². The van der Waals surface area contributed by atoms with Crippen LogP contribution in [-0.4, -0.2) is 36.5 Å². The Bertz CT molecular complexity index is 936. The number of aliphatic imine (C=N–C) groups is 1. The van der Waals surface area contributed by atoms with Crippen molar-refractivity contribution >= 4 is 5.84 Å². The molecule has 0 amide bonds. The molecule has 2 aliphatic heterocycles. The van der Waals surface area contributed by atoms with E-state index < -0.39 is 23.6 Å². The van der Waals surface area contributed by atoms with Gasteiger partial charge in [-0.15, -0.1) is 0 Å². The van der Waals surface area contributed by atoms with Crippen LogP contribution in [0.3, 0.4) is 0 Å². The van der Waals surface area contributed by atoms with Crippen LogP contribution in [0.4, 0.5) is 26.3 Å². The van der Waals surface area contributed by atoms with E-state index in [0.717, 1.165) is 31.7 Å². The highest BCUT2D eigenvalue weighted by Crippen LogP contribution is 2.38. The molecular weight excluding hydrogens is 432 g/mol. The standard InChI is InChI=1S/C23H25F6N3/c24-22(25,26)18-9-5-4-8-16(18)21-31-19-10-12-30-20(23(27,28)29)17(19)14-32(21)13-11-15-6-2-1-3-7-15/h4-5,8-10,15,30H,1-3,6-7,11-14H2. The van der Waals surface area contributed by atoms with Gasteiger partial charge in [-0.2, -0.15) is 26.3 Å². The number of nitrogens with zero attached hydrogens (tertiary/aromatic N) is 2. The number of rotatable bonds is 4. The maximum absolute atomic E-state index is 13.7. The van der Waals surface area contributed by atoms with E-state index in [0.29, 0.717) is 18.9 Å². The molecule has 1 aromatic rings. The summed E-state index contributed by atoms with van der Waals surface area (Å²) in [6.45, 7) is 0.149. The second-order valence-corrected chi connectivity index (χ2v) is 8.51. The van der Waals surface area contributed by atoms with Crippen molar-refractivity contribution < 1.29 is 26.3 Å². The van der Waals surface area contributed by atoms with Crippen LogP contribution >= 0.6 is 0 Å². The molecule has 2 heterocycles. The number of hydrogen-bond donors (Lipinski definition) is 1. The Kier molecular flexibility index (Phi) is 6.27. The molecule has 0 spiro atoms. The molecule has 0 bridgehead atoms. The molecule has 3 nitrogen and oxygen atoms in total. The zero-order valence-electron chi connectivity index (χ0n) is 17.5. The third-order valence-corrected chi connectivity index (χ3v) is 6.35. The number of allylic oxidation sites excluding steroid dienone is 1. The quantitative estimate of drug-likeness (QED) is 0.558. The highest BCUT2D eigenvalue weighted by molar-refractivity contribution is 6.02. The number of hydrogen-bond acceptors (Lipinski definition) is 3. The highest BCUT2D eigenvalue weighted by Gasteiger charge is 2.42. The van der Waals surface area contributed by atoms with Crippen LogP contribution in [0.5, 0.6) is 0 Å². The van der Waals surface area contributed by atoms with E-state index >= 15 is 0 Å². The average molecular weight is 457 g/mol. The van der Waals surface area contributed by atoms with Crippen molar-refractivity contribution in [3.8, 4) is 0 Å². The lowest BCUT2D eigenvalue weighted by Gasteiger charge is -2.36. The van der Waals surface area contributed by atoms with E-state index in [9.17, 15) is 26.3 Å². The second-order valence-electron chi connectivity index (χ2n) is 8.51. The van der Waals surface area contributed by atoms with Crippen LogP contribution in [0.15, 0.2) is 52.3 Å². The number of alkyl halides is 6. The Balaban J connectivity index is 1.75. The number of dihydropyridines is 1. The summed E-state index contributed by atoms with van der Waals surface area (Å²) in [6.07, 6.45) is -1.47. The van der Waals surface area contributed by atoms with Crippen LogP contribution in [0, 0.1) is 5.92 Å². The molecule has 9 heteroatoms. The number of fused-ring (bicyclic) bond motifs is 1. The summed E-state index contributed by atoms with van der Waals surface area (Å²) in [6, 6.07) is 5.13. The minimum absolute atomic E-state index is 0.0133. The van der Waals surface area contributed by atoms with Crippen molar-refractivity contribution in [2.75, 3.05) is 19.6 Å². The maximum Gasteiger partial charge on any atom is 0.431 e. The number of halogens is 6. The van der Waals surface area contributed by atoms with Gasteiger partial charge in [-0.05, 0) is 24.5 Å². The molecule has 174 valence electrons. The Morgan fingerprint density at radius 3 is 2.38 bits per heavy atom. The smallest absolute Gasteiger partial charge is 0.377 e. The Morgan fingerprint density at radius 1 is 0.969 bits per heavy atom. The van der Waals surface area contributed by atoms with E-state index in [4.69, 9.17) is 0 Å². The van der Waals surface area contributed by atoms with Crippen molar-refractivity contribution in [2.24, 2.45) is 10.9 Å². The summed E-state index contributed by atoms with van der Waals surface area (Å²) >= 11 is 0. The summed E-state index contributed by atoms with van der Waals surface area (Å²) < 4.78 is 81.9. The van der Waals surface area contributed by atoms with E-state index in [-0.39, 0.29) is 35.8 Å². The third kappa shape index (κ3) is 4.81. The summed E-state index contributed by atoms with van der Waals surface area (Å²) in [5.74, 6) is 0.521. The minimum Gasteiger partial charge on any atom is -0.377 e. The fourth-order valence-corrected chi connectivity index (χ4v) is 4.76. The first-order valence-corrected chi connectivity index (χ1v) is 10.9. The monoisotopic (exact) mass is 457 g/mol. The second kappa shape index (κ2) is 8.83. The first-order chi connectivity index (χ1) is 15.1. The third-order valence-electron chi connectivity index (χ3n) is 6.35. The zero-order valence-corrected chi connectivity index (χ0v) is 17.5. The first kappa shape index (κ1) is 22.7. The van der Waals surface area contributed by atoms with Crippen molar-refractivity contribution in [3.05, 3.63) is 58.4 Å². The van der Waals surface area contributed by atoms with E-state index in [2.05, 4.69) is 10.3 Å². The fraction of sp³-hybridized carbons (Fsp3) is 0.522. The summed E-state index contributed by atoms with van der Waals surface area (Å²) in [5.41, 5.74) is -1.71. The number of amidine groups is 1. The van der Waals surface area contributed by atoms with Crippen LogP contribution < -0.4 is 5.32 Å². The Morgan fingerprint density at radius 2 is 1.69 bits per heavy atom. The molecule has 4 rings (SSSR count). The normalized spacial score (nSPS) is 20.5. The molecule has 0 atom stereocenters. The minimum atomic E-state index is -4.59. The van der Waals surface area contributed by atoms with Crippen molar-refractivity contribution in [2.45, 2.75) is 50.9 Å². The van der Waals surface area contributed by atoms with E-state index in [1.165, 1.54) is 30.7 Å². The lowest BCUT2D eigenvalue weighted by molar-refractivity contribution is -0.137. The van der Waals surface area contributed by atoms with Gasteiger partial charge < -0.3 is 10.2 Å². The Labute approximate surface area is 182 Å². The summed E-state index contributed by atoms with van der Waals surface area (Å²) in [7, 11) is 0. The van der Waals surface area contributed by atoms with Gasteiger partial charge in [0.1, 0.15) is 11.5 Å². The molecule has 32 heavy (non-hydrogen) atoms. The first-order valence-electron chi connectivity index (χ1n) is 10.9. The van der Waals surface area contributed by atoms with Crippen LogP contribution in [-0.2, 0) is 6.18 Å². The summed E-state index contributed by atoms with van der Waals surface area (Å²) in [5, 5.41) is 2.38. The average Bonchev–Trinajstić information content (AvgIpc) is 2.76. The molecule has 0 unspecified atom stereocenters. The zero-order chi connectivity index (χ0) is 22.9. The largest absolute Gasteiger partial charge is 0.431 e. The topological polar surface area (TPSA) is 27.6 Å². The van der Waals surface area contributed by atoms with E-state index in [1.54, 1.807) is 4.90 Å². The predicted molar refractivity (Wildman–Crippen MR) is 110 cm³/mol. The van der Waals surface area contributed by atoms with Gasteiger partial charge in [0.15, 0.2) is 0 Å². The van der Waals surface area contributed by atoms with Gasteiger partial charge in [-0.3, -0.25) is 0 Å². The van der Waals surface area contributed by atoms with Gasteiger partial charge in [0.05, 0.1) is 11.3 Å². The molecule has 1 aromatic carbocycles. The van der Waals surface area contributed by atoms with Crippen LogP contribution in [0.2, 0.25) is 0 Å². The lowest BCUT2D eigenvalue weighted by Crippen LogP contribution is -2.43. The predicted octanol–water partition coefficient (Wildman–Crippen LogP) is 6.04. The Hall–Kier alpha value is -2.45. The molecule has 0 aromatic heterocycles. The van der Waals surface area contributed by atoms with Gasteiger partial charge in [0.25, 0.3) is 0 Å². The molecule has 1 fully saturated rings. The van der Waals surface area contributed by atoms with Gasteiger partial charge in [-0.25, -0.2) is 4.99 Å². The SMILES string of the molecule is FC(F)(F)C1=C2CN(CCC3CCCCC3)C(c3ccccc3C(F)(F)F)=NC2=CCN1. The molecule has 1 aliphatic carbocycles. The number of benzene rings is 1. The molecule has 1 saturated carbocycles. The highest BCUT2D eigenvalue weighted by atomic mass is 19.4. The molecule has 0 radical (unpaired) electrons. The molecule has 0 saturated heterocycles. The molecule has 3 aliphatic rings. The van der Waals surface area contributed by atoms with Gasteiger partial charge in [0.2, 0.25) is 0 Å². The van der Waals surface area contributed by atoms with Crippen molar-refractivity contribution in [1.82, 2.24) is 10.2 Å². The summed E-state index contributed by atoms with van der Waals surface area (Å²) in [4.78, 5) is 5.95. The maximum atomic E-state index is 13.7. The number of nitrogens with one attached hydrogen (secondary N) is 1. The van der Waals surface area contributed by atoms with Gasteiger partial charge in [-0.1, -0.05) is 50.3 Å². The van der Waals surface area contributed by atoms with Crippen LogP contribution in [0.1, 0.15) is 49.7 Å². The van der Waals surface area contributed by atoms with Gasteiger partial charge in [0, 0.05) is 30.8 Å². The molecule has 1 N–H and O–H groups in total. The molecular formula is C23H25F6N3. The van der Waals surface area contributed by atoms with Crippen molar-refractivity contribution in [3.63, 3.8) is 0 Å². The fourth-order valence-electron chi connectivity index (χ4n) is 4.76. The van der Waals surface area contributed by atoms with Crippen LogP contribution in [0.25, 0.3) is 0 Å². The lowest BCUT2D eigenvalue weighted by atomic mass is 9.86. The van der Waals surface area contributed by atoms with E-state index in [1.807, 2.05) is 0 Å². The van der Waals surface area contributed by atoms with Crippen molar-refractivity contribution in [1.29, 1.82) is 0 Å².